The molecule has 2 atom stereocenters. The Morgan fingerprint density at radius 3 is 2.40 bits per heavy atom. The molecule has 0 aliphatic carbocycles. The van der Waals surface area contributed by atoms with Gasteiger partial charge < -0.3 is 15.3 Å². The molecule has 112 valence electrons. The van der Waals surface area contributed by atoms with Crippen molar-refractivity contribution in [1.82, 2.24) is 5.32 Å². The number of hydrogen-bond acceptors (Lipinski definition) is 3. The molecule has 3 nitrogen and oxygen atoms in total. The van der Waals surface area contributed by atoms with Crippen LogP contribution < -0.4 is 10.2 Å². The van der Waals surface area contributed by atoms with E-state index in [2.05, 4.69) is 36.2 Å². The molecular weight excluding hydrogens is 272 g/mol. The molecule has 1 aromatic rings. The number of halogens is 1. The maximum Gasteiger partial charge on any atom is 0.0471 e. The molecule has 0 radical (unpaired) electrons. The highest BCUT2D eigenvalue weighted by Gasteiger charge is 2.22. The summed E-state index contributed by atoms with van der Waals surface area (Å²) in [5, 5.41) is 13.6. The van der Waals surface area contributed by atoms with E-state index in [9.17, 15) is 5.11 Å². The molecule has 0 spiro atoms. The molecular formula is C16H25ClN2O. The number of piperidine rings is 1. The fraction of sp³-hybridized carbons (Fsp3) is 0.625. The summed E-state index contributed by atoms with van der Waals surface area (Å²) in [6, 6.07) is 9.01. The van der Waals surface area contributed by atoms with Gasteiger partial charge in [0.05, 0.1) is 0 Å². The molecule has 1 fully saturated rings. The molecule has 1 saturated heterocycles. The number of hydrogen-bond donors (Lipinski definition) is 2. The van der Waals surface area contributed by atoms with E-state index in [4.69, 9.17) is 11.6 Å². The minimum absolute atomic E-state index is 0.248. The lowest BCUT2D eigenvalue weighted by molar-refractivity contribution is 0.196. The Labute approximate surface area is 126 Å². The van der Waals surface area contributed by atoms with Gasteiger partial charge in [-0.15, -0.1) is 0 Å². The van der Waals surface area contributed by atoms with Crippen LogP contribution in [0.5, 0.6) is 0 Å². The van der Waals surface area contributed by atoms with Gasteiger partial charge in [-0.2, -0.15) is 0 Å². The number of nitrogens with one attached hydrogen (secondary N) is 1. The zero-order valence-corrected chi connectivity index (χ0v) is 13.1. The quantitative estimate of drug-likeness (QED) is 0.877. The van der Waals surface area contributed by atoms with Crippen LogP contribution >= 0.6 is 11.6 Å². The molecule has 2 unspecified atom stereocenters. The third-order valence-corrected chi connectivity index (χ3v) is 4.58. The maximum atomic E-state index is 9.19. The minimum Gasteiger partial charge on any atom is -0.396 e. The third-order valence-electron chi connectivity index (χ3n) is 4.33. The number of nitrogens with zero attached hydrogens (tertiary/aromatic N) is 1. The highest BCUT2D eigenvalue weighted by atomic mass is 35.5. The summed E-state index contributed by atoms with van der Waals surface area (Å²) in [5.41, 5.74) is 1.25. The summed E-state index contributed by atoms with van der Waals surface area (Å²) in [6.45, 7) is 6.63. The summed E-state index contributed by atoms with van der Waals surface area (Å²) in [5.74, 6) is 0.310. The first-order chi connectivity index (χ1) is 9.60. The van der Waals surface area contributed by atoms with Crippen LogP contribution in [0, 0.1) is 5.92 Å². The van der Waals surface area contributed by atoms with E-state index in [-0.39, 0.29) is 6.61 Å². The standard InChI is InChI=1S/C16H25ClN2O/c1-12(11-20)13(2)18-15-7-9-19(10-8-15)16-5-3-14(17)4-6-16/h3-6,12-13,15,18,20H,7-11H2,1-2H3. The summed E-state index contributed by atoms with van der Waals surface area (Å²) >= 11 is 5.93. The molecule has 1 aromatic carbocycles. The monoisotopic (exact) mass is 296 g/mol. The Hall–Kier alpha value is -0.770. The zero-order chi connectivity index (χ0) is 14.5. The van der Waals surface area contributed by atoms with Crippen molar-refractivity contribution in [2.45, 2.75) is 38.8 Å². The lowest BCUT2D eigenvalue weighted by Gasteiger charge is -2.36. The number of rotatable bonds is 5. The fourth-order valence-electron chi connectivity index (χ4n) is 2.65. The van der Waals surface area contributed by atoms with Crippen molar-refractivity contribution in [3.63, 3.8) is 0 Å². The summed E-state index contributed by atoms with van der Waals surface area (Å²) in [4.78, 5) is 2.41. The lowest BCUT2D eigenvalue weighted by Crippen LogP contribution is -2.47. The normalized spacial score (nSPS) is 19.9. The predicted molar refractivity (Wildman–Crippen MR) is 85.5 cm³/mol. The lowest BCUT2D eigenvalue weighted by atomic mass is 9.99. The maximum absolute atomic E-state index is 9.19. The van der Waals surface area contributed by atoms with Gasteiger partial charge in [0, 0.05) is 42.5 Å². The van der Waals surface area contributed by atoms with E-state index < -0.39 is 0 Å². The Morgan fingerprint density at radius 1 is 1.25 bits per heavy atom. The van der Waals surface area contributed by atoms with E-state index in [0.717, 1.165) is 31.0 Å². The van der Waals surface area contributed by atoms with Crippen molar-refractivity contribution in [3.8, 4) is 0 Å². The van der Waals surface area contributed by atoms with Crippen LogP contribution in [0.3, 0.4) is 0 Å². The molecule has 0 bridgehead atoms. The topological polar surface area (TPSA) is 35.5 Å². The van der Waals surface area contributed by atoms with Gasteiger partial charge in [0.2, 0.25) is 0 Å². The largest absolute Gasteiger partial charge is 0.396 e. The Balaban J connectivity index is 1.82. The van der Waals surface area contributed by atoms with Crippen LogP contribution in [0.4, 0.5) is 5.69 Å². The van der Waals surface area contributed by atoms with Crippen molar-refractivity contribution in [2.24, 2.45) is 5.92 Å². The second kappa shape index (κ2) is 7.30. The Bertz CT molecular complexity index is 401. The summed E-state index contributed by atoms with van der Waals surface area (Å²) < 4.78 is 0. The molecule has 4 heteroatoms. The second-order valence-electron chi connectivity index (χ2n) is 5.85. The van der Waals surface area contributed by atoms with E-state index >= 15 is 0 Å². The Kier molecular flexibility index (Phi) is 5.70. The summed E-state index contributed by atoms with van der Waals surface area (Å²) in [7, 11) is 0. The second-order valence-corrected chi connectivity index (χ2v) is 6.29. The van der Waals surface area contributed by atoms with Crippen molar-refractivity contribution in [1.29, 1.82) is 0 Å². The van der Waals surface area contributed by atoms with Crippen molar-refractivity contribution >= 4 is 17.3 Å². The van der Waals surface area contributed by atoms with Gasteiger partial charge in [-0.3, -0.25) is 0 Å². The molecule has 0 amide bonds. The molecule has 0 aromatic heterocycles. The fourth-order valence-corrected chi connectivity index (χ4v) is 2.78. The predicted octanol–water partition coefficient (Wildman–Crippen LogP) is 2.92. The number of aliphatic hydroxyl groups is 1. The minimum atomic E-state index is 0.248. The SMILES string of the molecule is CC(CO)C(C)NC1CCN(c2ccc(Cl)cc2)CC1. The first-order valence-electron chi connectivity index (χ1n) is 7.47. The molecule has 2 N–H and O–H groups in total. The van der Waals surface area contributed by atoms with Crippen LogP contribution in [0.2, 0.25) is 5.02 Å². The van der Waals surface area contributed by atoms with Gasteiger partial charge >= 0.3 is 0 Å². The Morgan fingerprint density at radius 2 is 1.85 bits per heavy atom. The smallest absolute Gasteiger partial charge is 0.0471 e. The van der Waals surface area contributed by atoms with Gasteiger partial charge in [-0.25, -0.2) is 0 Å². The van der Waals surface area contributed by atoms with E-state index in [1.165, 1.54) is 5.69 Å². The average Bonchev–Trinajstić information content (AvgIpc) is 2.48. The number of benzene rings is 1. The highest BCUT2D eigenvalue weighted by molar-refractivity contribution is 6.30. The van der Waals surface area contributed by atoms with Crippen molar-refractivity contribution < 1.29 is 5.11 Å². The number of aliphatic hydroxyl groups excluding tert-OH is 1. The van der Waals surface area contributed by atoms with Crippen LogP contribution in [0.15, 0.2) is 24.3 Å². The van der Waals surface area contributed by atoms with Crippen molar-refractivity contribution in [3.05, 3.63) is 29.3 Å². The van der Waals surface area contributed by atoms with Crippen LogP contribution in [0.1, 0.15) is 26.7 Å². The molecule has 20 heavy (non-hydrogen) atoms. The zero-order valence-electron chi connectivity index (χ0n) is 12.3. The third kappa shape index (κ3) is 4.11. The van der Waals surface area contributed by atoms with Crippen molar-refractivity contribution in [2.75, 3.05) is 24.6 Å². The summed E-state index contributed by atoms with van der Waals surface area (Å²) in [6.07, 6.45) is 2.29. The first-order valence-corrected chi connectivity index (χ1v) is 7.85. The molecule has 1 aliphatic heterocycles. The molecule has 1 heterocycles. The van der Waals surface area contributed by atoms with Gasteiger partial charge in [-0.1, -0.05) is 18.5 Å². The molecule has 0 saturated carbocycles. The van der Waals surface area contributed by atoms with Crippen LogP contribution in [-0.4, -0.2) is 36.9 Å². The van der Waals surface area contributed by atoms with Gasteiger partial charge in [0.15, 0.2) is 0 Å². The van der Waals surface area contributed by atoms with Gasteiger partial charge in [0.1, 0.15) is 0 Å². The van der Waals surface area contributed by atoms with Crippen LogP contribution in [-0.2, 0) is 0 Å². The highest BCUT2D eigenvalue weighted by Crippen LogP contribution is 2.22. The van der Waals surface area contributed by atoms with Gasteiger partial charge in [0.25, 0.3) is 0 Å². The molecule has 1 aliphatic rings. The van der Waals surface area contributed by atoms with Gasteiger partial charge in [-0.05, 0) is 49.9 Å². The number of anilines is 1. The van der Waals surface area contributed by atoms with E-state index in [1.54, 1.807) is 0 Å². The van der Waals surface area contributed by atoms with E-state index in [1.807, 2.05) is 12.1 Å². The van der Waals surface area contributed by atoms with E-state index in [0.29, 0.717) is 18.0 Å². The molecule has 2 rings (SSSR count). The van der Waals surface area contributed by atoms with Crippen LogP contribution in [0.25, 0.3) is 0 Å². The first kappa shape index (κ1) is 15.6. The average molecular weight is 297 g/mol.